The van der Waals surface area contributed by atoms with Gasteiger partial charge in [0.1, 0.15) is 11.5 Å². The molecule has 0 aliphatic rings. The molecule has 0 aromatic heterocycles. The molecule has 1 N–H and O–H groups in total. The lowest BCUT2D eigenvalue weighted by molar-refractivity contribution is -0.139. The fraction of sp³-hybridized carbons (Fsp3) is 0.111. The van der Waals surface area contributed by atoms with E-state index in [0.717, 1.165) is 10.0 Å². The first-order chi connectivity index (χ1) is 11.5. The summed E-state index contributed by atoms with van der Waals surface area (Å²) in [6.07, 6.45) is 3.09. The summed E-state index contributed by atoms with van der Waals surface area (Å²) in [4.78, 5) is 22.8. The van der Waals surface area contributed by atoms with Crippen molar-refractivity contribution in [3.8, 4) is 11.5 Å². The number of benzene rings is 2. The van der Waals surface area contributed by atoms with Gasteiger partial charge in [-0.25, -0.2) is 4.79 Å². The van der Waals surface area contributed by atoms with Crippen molar-refractivity contribution in [3.63, 3.8) is 0 Å². The van der Waals surface area contributed by atoms with E-state index >= 15 is 0 Å². The monoisotopic (exact) mass is 390 g/mol. The first-order valence-electron chi connectivity index (χ1n) is 7.00. The Kier molecular flexibility index (Phi) is 6.14. The van der Waals surface area contributed by atoms with Crippen LogP contribution in [0.1, 0.15) is 15.9 Å². The molecule has 0 bridgehead atoms. The number of hydrogen-bond acceptors (Lipinski definition) is 4. The molecule has 2 rings (SSSR count). The predicted octanol–water partition coefficient (Wildman–Crippen LogP) is 3.82. The lowest BCUT2D eigenvalue weighted by Gasteiger charge is -2.05. The van der Waals surface area contributed by atoms with Crippen LogP contribution in [0.4, 0.5) is 0 Å². The highest BCUT2D eigenvalue weighted by atomic mass is 79.9. The molecule has 0 amide bonds. The van der Waals surface area contributed by atoms with Crippen LogP contribution in [0.3, 0.4) is 0 Å². The van der Waals surface area contributed by atoms with Gasteiger partial charge in [0.15, 0.2) is 12.4 Å². The zero-order valence-electron chi connectivity index (χ0n) is 12.9. The van der Waals surface area contributed by atoms with Crippen LogP contribution in [0.5, 0.6) is 11.5 Å². The molecule has 124 valence electrons. The summed E-state index contributed by atoms with van der Waals surface area (Å²) in [6, 6.07) is 11.9. The van der Waals surface area contributed by atoms with Crippen LogP contribution in [0.15, 0.2) is 53.0 Å². The molecule has 2 aromatic carbocycles. The van der Waals surface area contributed by atoms with Crippen LogP contribution in [-0.4, -0.2) is 30.6 Å². The predicted molar refractivity (Wildman–Crippen MR) is 93.6 cm³/mol. The molecular formula is C18H15BrO5. The quantitative estimate of drug-likeness (QED) is 0.574. The number of ether oxygens (including phenoxy) is 2. The minimum Gasteiger partial charge on any atom is -0.496 e. The number of ketones is 1. The summed E-state index contributed by atoms with van der Waals surface area (Å²) in [5.41, 5.74) is 1.17. The minimum atomic E-state index is -1.08. The molecule has 0 unspecified atom stereocenters. The van der Waals surface area contributed by atoms with Crippen molar-refractivity contribution in [2.24, 2.45) is 0 Å². The number of halogens is 1. The van der Waals surface area contributed by atoms with Crippen molar-refractivity contribution in [3.05, 3.63) is 64.1 Å². The Bertz CT molecular complexity index is 783. The molecule has 24 heavy (non-hydrogen) atoms. The number of hydrogen-bond donors (Lipinski definition) is 1. The van der Waals surface area contributed by atoms with Crippen molar-refractivity contribution in [2.75, 3.05) is 13.7 Å². The lowest BCUT2D eigenvalue weighted by atomic mass is 10.1. The van der Waals surface area contributed by atoms with Gasteiger partial charge in [-0.3, -0.25) is 4.79 Å². The van der Waals surface area contributed by atoms with Gasteiger partial charge in [0.25, 0.3) is 0 Å². The van der Waals surface area contributed by atoms with E-state index in [1.807, 2.05) is 12.1 Å². The zero-order valence-corrected chi connectivity index (χ0v) is 14.4. The molecule has 0 saturated carbocycles. The second-order valence-electron chi connectivity index (χ2n) is 4.79. The molecular weight excluding hydrogens is 376 g/mol. The normalized spacial score (nSPS) is 10.6. The Hall–Kier alpha value is -2.60. The van der Waals surface area contributed by atoms with Gasteiger partial charge in [-0.2, -0.15) is 0 Å². The summed E-state index contributed by atoms with van der Waals surface area (Å²) in [5, 5.41) is 8.62. The standard InChI is InChI=1S/C18H15BrO5/c1-23-17-8-6-14(19)9-13(17)5-7-16(20)12-3-2-4-15(10-12)24-11-18(21)22/h2-10H,11H2,1H3,(H,21,22)/b7-5+. The molecule has 6 heteroatoms. The summed E-state index contributed by atoms with van der Waals surface area (Å²) in [6.45, 7) is -0.456. The number of carbonyl (C=O) groups excluding carboxylic acids is 1. The smallest absolute Gasteiger partial charge is 0.341 e. The Labute approximate surface area is 147 Å². The molecule has 0 aliphatic carbocycles. The van der Waals surface area contributed by atoms with E-state index in [-0.39, 0.29) is 5.78 Å². The number of methoxy groups -OCH3 is 1. The summed E-state index contributed by atoms with van der Waals surface area (Å²) in [5.74, 6) is -0.316. The Balaban J connectivity index is 2.16. The van der Waals surface area contributed by atoms with Crippen LogP contribution in [0.2, 0.25) is 0 Å². The van der Waals surface area contributed by atoms with Gasteiger partial charge in [0.05, 0.1) is 7.11 Å². The third kappa shape index (κ3) is 4.96. The van der Waals surface area contributed by atoms with Crippen molar-refractivity contribution in [2.45, 2.75) is 0 Å². The summed E-state index contributed by atoms with van der Waals surface area (Å²) < 4.78 is 11.2. The lowest BCUT2D eigenvalue weighted by Crippen LogP contribution is -2.09. The molecule has 0 atom stereocenters. The number of carboxylic acid groups (broad SMARTS) is 1. The van der Waals surface area contributed by atoms with E-state index in [4.69, 9.17) is 14.6 Å². The Morgan fingerprint density at radius 1 is 1.21 bits per heavy atom. The number of carbonyl (C=O) groups is 2. The van der Waals surface area contributed by atoms with E-state index < -0.39 is 12.6 Å². The van der Waals surface area contributed by atoms with Gasteiger partial charge >= 0.3 is 5.97 Å². The van der Waals surface area contributed by atoms with Crippen molar-refractivity contribution < 1.29 is 24.2 Å². The second-order valence-corrected chi connectivity index (χ2v) is 5.71. The first kappa shape index (κ1) is 17.7. The number of rotatable bonds is 7. The molecule has 5 nitrogen and oxygen atoms in total. The van der Waals surface area contributed by atoms with Crippen molar-refractivity contribution >= 4 is 33.8 Å². The zero-order chi connectivity index (χ0) is 17.5. The largest absolute Gasteiger partial charge is 0.496 e. The van der Waals surface area contributed by atoms with E-state index in [0.29, 0.717) is 17.1 Å². The molecule has 2 aromatic rings. The number of aliphatic carboxylic acids is 1. The highest BCUT2D eigenvalue weighted by Crippen LogP contribution is 2.24. The van der Waals surface area contributed by atoms with Gasteiger partial charge < -0.3 is 14.6 Å². The molecule has 0 spiro atoms. The summed E-state index contributed by atoms with van der Waals surface area (Å²) >= 11 is 3.38. The topological polar surface area (TPSA) is 72.8 Å². The number of allylic oxidation sites excluding steroid dienone is 1. The van der Waals surface area contributed by atoms with Crippen LogP contribution in [-0.2, 0) is 4.79 Å². The van der Waals surface area contributed by atoms with Crippen molar-refractivity contribution in [1.82, 2.24) is 0 Å². The van der Waals surface area contributed by atoms with Crippen LogP contribution >= 0.6 is 15.9 Å². The molecule has 0 aliphatic heterocycles. The van der Waals surface area contributed by atoms with E-state index in [1.165, 1.54) is 12.1 Å². The van der Waals surface area contributed by atoms with E-state index in [2.05, 4.69) is 15.9 Å². The average Bonchev–Trinajstić information content (AvgIpc) is 2.58. The van der Waals surface area contributed by atoms with Crippen LogP contribution < -0.4 is 9.47 Å². The Morgan fingerprint density at radius 2 is 2.00 bits per heavy atom. The molecule has 0 radical (unpaired) electrons. The van der Waals surface area contributed by atoms with Gasteiger partial charge in [-0.1, -0.05) is 28.1 Å². The summed E-state index contributed by atoms with van der Waals surface area (Å²) in [7, 11) is 1.56. The number of carboxylic acids is 1. The fourth-order valence-corrected chi connectivity index (χ4v) is 2.36. The second kappa shape index (κ2) is 8.31. The third-order valence-corrected chi connectivity index (χ3v) is 3.58. The van der Waals surface area contributed by atoms with Gasteiger partial charge in [0, 0.05) is 15.6 Å². The van der Waals surface area contributed by atoms with Gasteiger partial charge in [0.2, 0.25) is 0 Å². The van der Waals surface area contributed by atoms with Gasteiger partial charge in [-0.15, -0.1) is 0 Å². The fourth-order valence-electron chi connectivity index (χ4n) is 1.98. The van der Waals surface area contributed by atoms with Crippen LogP contribution in [0.25, 0.3) is 6.08 Å². The Morgan fingerprint density at radius 3 is 2.71 bits per heavy atom. The maximum atomic E-state index is 12.3. The van der Waals surface area contributed by atoms with E-state index in [1.54, 1.807) is 37.5 Å². The molecule has 0 fully saturated rings. The minimum absolute atomic E-state index is 0.224. The van der Waals surface area contributed by atoms with Crippen molar-refractivity contribution in [1.29, 1.82) is 0 Å². The SMILES string of the molecule is COc1ccc(Br)cc1/C=C/C(=O)c1cccc(OCC(=O)O)c1. The maximum absolute atomic E-state index is 12.3. The van der Waals surface area contributed by atoms with Crippen LogP contribution in [0, 0.1) is 0 Å². The maximum Gasteiger partial charge on any atom is 0.341 e. The highest BCUT2D eigenvalue weighted by Gasteiger charge is 2.06. The third-order valence-electron chi connectivity index (χ3n) is 3.09. The van der Waals surface area contributed by atoms with Gasteiger partial charge in [-0.05, 0) is 42.5 Å². The highest BCUT2D eigenvalue weighted by molar-refractivity contribution is 9.10. The molecule has 0 saturated heterocycles. The van der Waals surface area contributed by atoms with E-state index in [9.17, 15) is 9.59 Å². The molecule has 0 heterocycles. The average molecular weight is 391 g/mol. The first-order valence-corrected chi connectivity index (χ1v) is 7.79.